The van der Waals surface area contributed by atoms with Gasteiger partial charge in [-0.2, -0.15) is 0 Å². The van der Waals surface area contributed by atoms with Crippen LogP contribution in [0.2, 0.25) is 0 Å². The van der Waals surface area contributed by atoms with Crippen LogP contribution in [0.3, 0.4) is 0 Å². The predicted molar refractivity (Wildman–Crippen MR) is 52.3 cm³/mol. The van der Waals surface area contributed by atoms with Gasteiger partial charge in [0, 0.05) is 11.9 Å². The predicted octanol–water partition coefficient (Wildman–Crippen LogP) is 1.20. The Hall–Kier alpha value is -0.680. The van der Waals surface area contributed by atoms with Crippen LogP contribution in [0.5, 0.6) is 0 Å². The molecule has 1 rings (SSSR count). The van der Waals surface area contributed by atoms with Crippen molar-refractivity contribution in [2.24, 2.45) is 0 Å². The minimum Gasteiger partial charge on any atom is -0.348 e. The minimum absolute atomic E-state index is 0.0318. The van der Waals surface area contributed by atoms with Crippen molar-refractivity contribution in [2.45, 2.75) is 19.9 Å². The van der Waals surface area contributed by atoms with Crippen molar-refractivity contribution in [3.63, 3.8) is 0 Å². The second kappa shape index (κ2) is 4.53. The number of carbonyl (C=O) groups excluding carboxylic acids is 1. The van der Waals surface area contributed by atoms with Crippen LogP contribution in [0.1, 0.15) is 22.3 Å². The lowest BCUT2D eigenvalue weighted by Crippen LogP contribution is -2.33. The molecule has 0 aromatic carbocycles. The Morgan fingerprint density at radius 3 is 2.92 bits per heavy atom. The van der Waals surface area contributed by atoms with Crippen LogP contribution in [0.4, 0.5) is 0 Å². The monoisotopic (exact) mass is 219 g/mol. The molecule has 1 aromatic rings. The summed E-state index contributed by atoms with van der Waals surface area (Å²) in [4.78, 5) is 12.0. The molecule has 1 amide bonds. The second-order valence-electron chi connectivity index (χ2n) is 2.72. The van der Waals surface area contributed by atoms with Crippen LogP contribution >= 0.6 is 23.1 Å². The van der Waals surface area contributed by atoms with Crippen molar-refractivity contribution in [2.75, 3.05) is 5.88 Å². The summed E-state index contributed by atoms with van der Waals surface area (Å²) in [5, 5.41) is 6.48. The third-order valence-corrected chi connectivity index (χ3v) is 2.76. The zero-order valence-electron chi connectivity index (χ0n) is 7.37. The topological polar surface area (TPSA) is 54.9 Å². The van der Waals surface area contributed by atoms with Crippen LogP contribution in [0.25, 0.3) is 0 Å². The number of aryl methyl sites for hydroxylation is 1. The molecule has 1 N–H and O–H groups in total. The van der Waals surface area contributed by atoms with E-state index in [4.69, 9.17) is 11.6 Å². The molecule has 0 aliphatic carbocycles. The number of rotatable bonds is 3. The first-order valence-electron chi connectivity index (χ1n) is 3.81. The first kappa shape index (κ1) is 10.4. The number of hydrogen-bond acceptors (Lipinski definition) is 4. The van der Waals surface area contributed by atoms with Crippen molar-refractivity contribution in [1.82, 2.24) is 14.9 Å². The SMILES string of the molecule is Cc1nnsc1C(=O)NC(C)CCl. The molecule has 1 atom stereocenters. The summed E-state index contributed by atoms with van der Waals surface area (Å²) in [5.74, 6) is 0.248. The number of nitrogens with one attached hydrogen (secondary N) is 1. The van der Waals surface area contributed by atoms with Crippen molar-refractivity contribution in [3.05, 3.63) is 10.6 Å². The lowest BCUT2D eigenvalue weighted by molar-refractivity contribution is 0.0947. The average Bonchev–Trinajstić information content (AvgIpc) is 2.51. The first-order chi connectivity index (χ1) is 6.15. The number of amides is 1. The van der Waals surface area contributed by atoms with Crippen molar-refractivity contribution < 1.29 is 4.79 Å². The third kappa shape index (κ3) is 2.63. The molecule has 13 heavy (non-hydrogen) atoms. The van der Waals surface area contributed by atoms with Crippen molar-refractivity contribution in [1.29, 1.82) is 0 Å². The molecule has 0 fully saturated rings. The molecular weight excluding hydrogens is 210 g/mol. The molecule has 0 spiro atoms. The highest BCUT2D eigenvalue weighted by Gasteiger charge is 2.14. The van der Waals surface area contributed by atoms with Gasteiger partial charge in [-0.05, 0) is 25.4 Å². The highest BCUT2D eigenvalue weighted by Crippen LogP contribution is 2.08. The summed E-state index contributed by atoms with van der Waals surface area (Å²) in [6, 6.07) is -0.0318. The molecule has 1 aromatic heterocycles. The summed E-state index contributed by atoms with van der Waals surface area (Å²) in [6.45, 7) is 3.60. The van der Waals surface area contributed by atoms with Gasteiger partial charge in [0.1, 0.15) is 4.88 Å². The summed E-state index contributed by atoms with van der Waals surface area (Å²) >= 11 is 6.65. The molecule has 4 nitrogen and oxygen atoms in total. The van der Waals surface area contributed by atoms with Gasteiger partial charge < -0.3 is 5.32 Å². The number of nitrogens with zero attached hydrogens (tertiary/aromatic N) is 2. The second-order valence-corrected chi connectivity index (χ2v) is 3.78. The van der Waals surface area contributed by atoms with Crippen LogP contribution < -0.4 is 5.32 Å². The van der Waals surface area contributed by atoms with Crippen LogP contribution in [0.15, 0.2) is 0 Å². The van der Waals surface area contributed by atoms with Crippen LogP contribution in [-0.4, -0.2) is 27.4 Å². The largest absolute Gasteiger partial charge is 0.348 e. The lowest BCUT2D eigenvalue weighted by Gasteiger charge is -2.08. The van der Waals surface area contributed by atoms with E-state index in [-0.39, 0.29) is 11.9 Å². The lowest BCUT2D eigenvalue weighted by atomic mass is 10.3. The highest BCUT2D eigenvalue weighted by molar-refractivity contribution is 7.08. The maximum Gasteiger partial charge on any atom is 0.265 e. The smallest absolute Gasteiger partial charge is 0.265 e. The summed E-state index contributed by atoms with van der Waals surface area (Å²) in [5.41, 5.74) is 0.657. The Morgan fingerprint density at radius 1 is 1.77 bits per heavy atom. The molecule has 0 saturated heterocycles. The Balaban J connectivity index is 2.64. The standard InChI is InChI=1S/C7H10ClN3OS/c1-4(3-8)9-7(12)6-5(2)10-11-13-6/h4H,3H2,1-2H3,(H,9,12). The fourth-order valence-electron chi connectivity index (χ4n) is 0.768. The molecule has 72 valence electrons. The van der Waals surface area contributed by atoms with Gasteiger partial charge in [0.15, 0.2) is 0 Å². The quantitative estimate of drug-likeness (QED) is 0.778. The first-order valence-corrected chi connectivity index (χ1v) is 5.11. The van der Waals surface area contributed by atoms with Gasteiger partial charge in [-0.3, -0.25) is 4.79 Å². The maximum atomic E-state index is 11.5. The zero-order valence-corrected chi connectivity index (χ0v) is 8.95. The van der Waals surface area contributed by atoms with E-state index < -0.39 is 0 Å². The Kier molecular flexibility index (Phi) is 3.62. The van der Waals surface area contributed by atoms with E-state index in [2.05, 4.69) is 14.9 Å². The molecule has 1 unspecified atom stereocenters. The number of halogens is 1. The number of carbonyl (C=O) groups is 1. The normalized spacial score (nSPS) is 12.5. The van der Waals surface area contributed by atoms with E-state index in [0.29, 0.717) is 16.5 Å². The molecule has 1 heterocycles. The Morgan fingerprint density at radius 2 is 2.46 bits per heavy atom. The van der Waals surface area contributed by atoms with Crippen LogP contribution in [0, 0.1) is 6.92 Å². The summed E-state index contributed by atoms with van der Waals surface area (Å²) in [7, 11) is 0. The molecule has 0 radical (unpaired) electrons. The van der Waals surface area contributed by atoms with E-state index >= 15 is 0 Å². The van der Waals surface area contributed by atoms with Gasteiger partial charge >= 0.3 is 0 Å². The van der Waals surface area contributed by atoms with Gasteiger partial charge in [-0.25, -0.2) is 0 Å². The third-order valence-electron chi connectivity index (χ3n) is 1.47. The van der Waals surface area contributed by atoms with Gasteiger partial charge in [-0.15, -0.1) is 16.7 Å². The zero-order chi connectivity index (χ0) is 9.84. The molecule has 6 heteroatoms. The number of hydrogen-bond donors (Lipinski definition) is 1. The van der Waals surface area contributed by atoms with Gasteiger partial charge in [0.05, 0.1) is 5.69 Å². The Labute approximate surface area is 85.5 Å². The molecule has 0 aliphatic heterocycles. The minimum atomic E-state index is -0.152. The van der Waals surface area contributed by atoms with Gasteiger partial charge in [0.25, 0.3) is 5.91 Å². The van der Waals surface area contributed by atoms with E-state index in [1.807, 2.05) is 6.92 Å². The van der Waals surface area contributed by atoms with Crippen molar-refractivity contribution in [3.8, 4) is 0 Å². The summed E-state index contributed by atoms with van der Waals surface area (Å²) in [6.07, 6.45) is 0. The Bertz CT molecular complexity index is 302. The number of aromatic nitrogens is 2. The fraction of sp³-hybridized carbons (Fsp3) is 0.571. The molecule has 0 aliphatic rings. The number of alkyl halides is 1. The van der Waals surface area contributed by atoms with E-state index in [1.54, 1.807) is 6.92 Å². The van der Waals surface area contributed by atoms with Gasteiger partial charge in [-0.1, -0.05) is 4.49 Å². The van der Waals surface area contributed by atoms with E-state index in [1.165, 1.54) is 0 Å². The van der Waals surface area contributed by atoms with Crippen LogP contribution in [-0.2, 0) is 0 Å². The van der Waals surface area contributed by atoms with E-state index in [0.717, 1.165) is 11.5 Å². The highest BCUT2D eigenvalue weighted by atomic mass is 35.5. The average molecular weight is 220 g/mol. The fourth-order valence-corrected chi connectivity index (χ4v) is 1.40. The summed E-state index contributed by atoms with van der Waals surface area (Å²) < 4.78 is 3.67. The molecular formula is C7H10ClN3OS. The van der Waals surface area contributed by atoms with Gasteiger partial charge in [0.2, 0.25) is 0 Å². The van der Waals surface area contributed by atoms with E-state index in [9.17, 15) is 4.79 Å². The molecule has 0 saturated carbocycles. The maximum absolute atomic E-state index is 11.5. The van der Waals surface area contributed by atoms with Crippen molar-refractivity contribution >= 4 is 29.0 Å². The molecule has 0 bridgehead atoms.